The third kappa shape index (κ3) is 3.52. The molecule has 1 aromatic carbocycles. The average Bonchev–Trinajstić information content (AvgIpc) is 3.05. The van der Waals surface area contributed by atoms with Crippen LogP contribution in [0.5, 0.6) is 0 Å². The molecule has 1 N–H and O–H groups in total. The van der Waals surface area contributed by atoms with Crippen molar-refractivity contribution in [3.8, 4) is 0 Å². The number of amides is 1. The zero-order chi connectivity index (χ0) is 18.7. The molecule has 0 radical (unpaired) electrons. The Bertz CT molecular complexity index is 884. The summed E-state index contributed by atoms with van der Waals surface area (Å²) in [4.78, 5) is 12.6. The maximum absolute atomic E-state index is 12.5. The van der Waals surface area contributed by atoms with Crippen molar-refractivity contribution in [2.75, 3.05) is 18.4 Å². The number of aryl methyl sites for hydroxylation is 1. The second-order valence-electron chi connectivity index (χ2n) is 6.21. The van der Waals surface area contributed by atoms with Gasteiger partial charge in [-0.25, -0.2) is 8.42 Å². The number of nitrogens with zero attached hydrogens (tertiary/aromatic N) is 2. The number of nitrogens with one attached hydrogen (secondary N) is 1. The number of benzene rings is 1. The molecule has 3 rings (SSSR count). The largest absolute Gasteiger partial charge is 0.338 e. The molecule has 26 heavy (non-hydrogen) atoms. The van der Waals surface area contributed by atoms with Gasteiger partial charge in [0.1, 0.15) is 0 Å². The van der Waals surface area contributed by atoms with Crippen molar-refractivity contribution < 1.29 is 17.7 Å². The minimum absolute atomic E-state index is 0.176. The van der Waals surface area contributed by atoms with E-state index in [1.807, 2.05) is 0 Å². The summed E-state index contributed by atoms with van der Waals surface area (Å²) < 4.78 is 31.6. The molecule has 0 spiro atoms. The van der Waals surface area contributed by atoms with Crippen LogP contribution in [0.4, 0.5) is 5.88 Å². The van der Waals surface area contributed by atoms with Gasteiger partial charge in [-0.3, -0.25) is 10.1 Å². The summed E-state index contributed by atoms with van der Waals surface area (Å²) in [5.41, 5.74) is 2.24. The van der Waals surface area contributed by atoms with E-state index in [4.69, 9.17) is 4.52 Å². The van der Waals surface area contributed by atoms with Crippen LogP contribution in [-0.2, 0) is 22.9 Å². The lowest BCUT2D eigenvalue weighted by Gasteiger charge is -2.18. The summed E-state index contributed by atoms with van der Waals surface area (Å²) in [6, 6.07) is 5.93. The highest BCUT2D eigenvalue weighted by molar-refractivity contribution is 7.89. The number of fused-ring (bicyclic) bond motifs is 1. The first-order chi connectivity index (χ1) is 12.5. The Labute approximate surface area is 153 Å². The summed E-state index contributed by atoms with van der Waals surface area (Å²) in [5, 5.41) is 6.76. The van der Waals surface area contributed by atoms with Crippen molar-refractivity contribution in [2.45, 2.75) is 44.4 Å². The van der Waals surface area contributed by atoms with Crippen LogP contribution in [0.25, 0.3) is 0 Å². The van der Waals surface area contributed by atoms with Gasteiger partial charge in [-0.05, 0) is 49.9 Å². The Morgan fingerprint density at radius 3 is 2.46 bits per heavy atom. The third-order valence-electron chi connectivity index (χ3n) is 4.65. The van der Waals surface area contributed by atoms with Crippen LogP contribution in [0.1, 0.15) is 48.3 Å². The van der Waals surface area contributed by atoms with E-state index < -0.39 is 10.0 Å². The van der Waals surface area contributed by atoms with Crippen LogP contribution in [0.2, 0.25) is 0 Å². The number of sulfonamides is 1. The molecule has 0 unspecified atom stereocenters. The molecule has 0 aliphatic heterocycles. The van der Waals surface area contributed by atoms with E-state index in [2.05, 4.69) is 10.5 Å². The van der Waals surface area contributed by atoms with Crippen molar-refractivity contribution in [3.63, 3.8) is 0 Å². The molecule has 0 atom stereocenters. The number of hydrogen-bond acceptors (Lipinski definition) is 5. The molecular formula is C18H23N3O4S. The van der Waals surface area contributed by atoms with Crippen molar-refractivity contribution in [2.24, 2.45) is 0 Å². The number of carbonyl (C=O) groups excluding carboxylic acids is 1. The second-order valence-corrected chi connectivity index (χ2v) is 8.15. The lowest BCUT2D eigenvalue weighted by molar-refractivity contribution is 0.102. The molecule has 140 valence electrons. The molecule has 1 aliphatic rings. The first-order valence-electron chi connectivity index (χ1n) is 8.86. The molecule has 0 fully saturated rings. The Morgan fingerprint density at radius 1 is 1.15 bits per heavy atom. The van der Waals surface area contributed by atoms with E-state index in [1.165, 1.54) is 28.6 Å². The van der Waals surface area contributed by atoms with Crippen LogP contribution in [0.15, 0.2) is 33.7 Å². The van der Waals surface area contributed by atoms with E-state index in [1.54, 1.807) is 13.8 Å². The van der Waals surface area contributed by atoms with Crippen molar-refractivity contribution in [1.29, 1.82) is 0 Å². The van der Waals surface area contributed by atoms with E-state index in [9.17, 15) is 13.2 Å². The maximum atomic E-state index is 12.5. The molecule has 0 bridgehead atoms. The molecular weight excluding hydrogens is 354 g/mol. The zero-order valence-electron chi connectivity index (χ0n) is 15.0. The van der Waals surface area contributed by atoms with Crippen molar-refractivity contribution >= 4 is 21.8 Å². The van der Waals surface area contributed by atoms with Crippen LogP contribution in [0, 0.1) is 0 Å². The highest BCUT2D eigenvalue weighted by Gasteiger charge is 2.23. The number of rotatable bonds is 6. The maximum Gasteiger partial charge on any atom is 0.258 e. The van der Waals surface area contributed by atoms with Gasteiger partial charge < -0.3 is 4.52 Å². The fourth-order valence-electron chi connectivity index (χ4n) is 3.15. The molecule has 7 nitrogen and oxygen atoms in total. The molecule has 1 aliphatic carbocycles. The number of anilines is 1. The fourth-order valence-corrected chi connectivity index (χ4v) is 4.61. The topological polar surface area (TPSA) is 92.5 Å². The quantitative estimate of drug-likeness (QED) is 0.836. The zero-order valence-corrected chi connectivity index (χ0v) is 15.8. The van der Waals surface area contributed by atoms with Crippen LogP contribution in [0.3, 0.4) is 0 Å². The summed E-state index contributed by atoms with van der Waals surface area (Å²) in [6.07, 6.45) is 3.84. The molecule has 2 aromatic rings. The Morgan fingerprint density at radius 2 is 1.81 bits per heavy atom. The summed E-state index contributed by atoms with van der Waals surface area (Å²) in [5.74, 6) is 0.0471. The van der Waals surface area contributed by atoms with Gasteiger partial charge in [0.2, 0.25) is 15.9 Å². The van der Waals surface area contributed by atoms with Gasteiger partial charge in [0, 0.05) is 24.2 Å². The van der Waals surface area contributed by atoms with Crippen molar-refractivity contribution in [3.05, 3.63) is 41.1 Å². The predicted octanol–water partition coefficient (Wildman–Crippen LogP) is 2.84. The number of hydrogen-bond donors (Lipinski definition) is 1. The molecule has 1 aromatic heterocycles. The van der Waals surface area contributed by atoms with Crippen LogP contribution in [-0.4, -0.2) is 36.9 Å². The number of carbonyl (C=O) groups is 1. The Balaban J connectivity index is 1.76. The lowest BCUT2D eigenvalue weighted by Crippen LogP contribution is -2.30. The van der Waals surface area contributed by atoms with E-state index in [0.29, 0.717) is 24.5 Å². The average molecular weight is 377 g/mol. The van der Waals surface area contributed by atoms with Crippen LogP contribution >= 0.6 is 0 Å². The first kappa shape index (κ1) is 18.6. The SMILES string of the molecule is CCN(CC)S(=O)(=O)c1ccc(C(=O)Nc2onc3c2CCCC3)cc1. The van der Waals surface area contributed by atoms with Gasteiger partial charge in [-0.15, -0.1) is 0 Å². The van der Waals surface area contributed by atoms with Gasteiger partial charge in [-0.2, -0.15) is 4.31 Å². The third-order valence-corrected chi connectivity index (χ3v) is 6.71. The fraction of sp³-hybridized carbons (Fsp3) is 0.444. The van der Waals surface area contributed by atoms with Gasteiger partial charge in [-0.1, -0.05) is 19.0 Å². The van der Waals surface area contributed by atoms with Gasteiger partial charge in [0.25, 0.3) is 5.91 Å². The van der Waals surface area contributed by atoms with Gasteiger partial charge >= 0.3 is 0 Å². The lowest BCUT2D eigenvalue weighted by atomic mass is 9.97. The van der Waals surface area contributed by atoms with Gasteiger partial charge in [0.15, 0.2) is 0 Å². The Kier molecular flexibility index (Phi) is 5.43. The summed E-state index contributed by atoms with van der Waals surface area (Å²) in [6.45, 7) is 4.39. The molecule has 0 saturated heterocycles. The highest BCUT2D eigenvalue weighted by Crippen LogP contribution is 2.28. The molecule has 8 heteroatoms. The van der Waals surface area contributed by atoms with Gasteiger partial charge in [0.05, 0.1) is 10.6 Å². The number of aromatic nitrogens is 1. The van der Waals surface area contributed by atoms with E-state index in [0.717, 1.165) is 36.9 Å². The minimum atomic E-state index is -3.53. The summed E-state index contributed by atoms with van der Waals surface area (Å²) in [7, 11) is -3.53. The first-order valence-corrected chi connectivity index (χ1v) is 10.3. The van der Waals surface area contributed by atoms with E-state index >= 15 is 0 Å². The highest BCUT2D eigenvalue weighted by atomic mass is 32.2. The summed E-state index contributed by atoms with van der Waals surface area (Å²) >= 11 is 0. The monoisotopic (exact) mass is 377 g/mol. The minimum Gasteiger partial charge on any atom is -0.338 e. The smallest absolute Gasteiger partial charge is 0.258 e. The normalized spacial score (nSPS) is 14.3. The standard InChI is InChI=1S/C18H23N3O4S/c1-3-21(4-2)26(23,24)14-11-9-13(10-12-14)17(22)19-18-15-7-5-6-8-16(15)20-25-18/h9-12H,3-8H2,1-2H3,(H,19,22). The molecule has 0 saturated carbocycles. The second kappa shape index (κ2) is 7.59. The Hall–Kier alpha value is -2.19. The molecule has 1 amide bonds. The van der Waals surface area contributed by atoms with E-state index in [-0.39, 0.29) is 10.8 Å². The molecule has 1 heterocycles. The van der Waals surface area contributed by atoms with Crippen LogP contribution < -0.4 is 5.32 Å². The predicted molar refractivity (Wildman–Crippen MR) is 97.6 cm³/mol. The van der Waals surface area contributed by atoms with Crippen molar-refractivity contribution in [1.82, 2.24) is 9.46 Å².